The van der Waals surface area contributed by atoms with E-state index in [1.807, 2.05) is 31.6 Å². The van der Waals surface area contributed by atoms with Crippen molar-refractivity contribution in [1.82, 2.24) is 24.9 Å². The van der Waals surface area contributed by atoms with Gasteiger partial charge >= 0.3 is 0 Å². The van der Waals surface area contributed by atoms with Gasteiger partial charge in [0.25, 0.3) is 31.6 Å². The summed E-state index contributed by atoms with van der Waals surface area (Å²) in [4.78, 5) is 23.7. The van der Waals surface area contributed by atoms with Crippen LogP contribution in [0.3, 0.4) is 0 Å². The predicted molar refractivity (Wildman–Crippen MR) is 507 cm³/mol. The Morgan fingerprint density at radius 1 is 0.279 bits per heavy atom. The van der Waals surface area contributed by atoms with Gasteiger partial charge in [0.2, 0.25) is 0 Å². The van der Waals surface area contributed by atoms with E-state index in [1.165, 1.54) is 283 Å². The molecule has 0 amide bonds. The molecule has 0 unspecified atom stereocenters. The largest absolute Gasteiger partial charge is 0.287 e. The summed E-state index contributed by atoms with van der Waals surface area (Å²) in [5.74, 6) is 3.48. The van der Waals surface area contributed by atoms with E-state index in [0.717, 1.165) is 52.7 Å². The highest BCUT2D eigenvalue weighted by Gasteiger charge is 2.31. The molecule has 0 saturated heterocycles. The Labute approximate surface area is 727 Å². The van der Waals surface area contributed by atoms with E-state index in [1.54, 1.807) is 0 Å². The van der Waals surface area contributed by atoms with E-state index in [0.29, 0.717) is 11.8 Å². The number of aryl methyl sites for hydroxylation is 15. The second kappa shape index (κ2) is 36.5. The number of para-hydroxylation sites is 2. The van der Waals surface area contributed by atoms with Gasteiger partial charge in [-0.25, -0.2) is 22.8 Å². The first-order valence-corrected chi connectivity index (χ1v) is 45.5. The van der Waals surface area contributed by atoms with Crippen LogP contribution in [0, 0.1) is 104 Å². The molecule has 4 saturated carbocycles. The summed E-state index contributed by atoms with van der Waals surface area (Å²) in [5.41, 5.74) is 46.0. The molecule has 0 bridgehead atoms. The van der Waals surface area contributed by atoms with Gasteiger partial charge in [-0.15, -0.1) is 0 Å². The van der Waals surface area contributed by atoms with Crippen molar-refractivity contribution in [2.75, 3.05) is 0 Å². The maximum absolute atomic E-state index is 4.82. The van der Waals surface area contributed by atoms with Crippen molar-refractivity contribution < 1.29 is 22.8 Å². The normalized spacial score (nSPS) is 14.2. The molecule has 624 valence electrons. The Balaban J connectivity index is 0.000000118. The summed E-state index contributed by atoms with van der Waals surface area (Å²) in [6.45, 7) is 37.6. The molecule has 5 aromatic heterocycles. The minimum Gasteiger partial charge on any atom is -0.232 e. The number of benzene rings is 10. The van der Waals surface area contributed by atoms with Crippen LogP contribution in [-0.2, 0) is 35.2 Å². The van der Waals surface area contributed by atoms with Crippen LogP contribution < -0.4 is 22.8 Å². The lowest BCUT2D eigenvalue weighted by Crippen LogP contribution is -2.32. The summed E-state index contributed by atoms with van der Waals surface area (Å²) in [7, 11) is 10.5. The average Bonchev–Trinajstić information content (AvgIpc) is 0.977. The first-order chi connectivity index (χ1) is 58.7. The maximum atomic E-state index is 4.82. The van der Waals surface area contributed by atoms with Crippen LogP contribution in [0.1, 0.15) is 251 Å². The summed E-state index contributed by atoms with van der Waals surface area (Å²) in [5, 5.41) is 6.33. The number of aromatic nitrogens is 10. The Morgan fingerprint density at radius 2 is 0.582 bits per heavy atom. The quantitative estimate of drug-likeness (QED) is 0.114. The lowest BCUT2D eigenvalue weighted by Gasteiger charge is -2.25. The van der Waals surface area contributed by atoms with Crippen molar-refractivity contribution in [3.8, 4) is 56.3 Å². The SMILES string of the molecule is CCC(CC)c1cccc2c(-c3cc(C)cc(C)c3C)[n+](C)cnc12.Cc1cc(C)c(C)c(-c2c3cc(C4CCC4)ccc3nc[n+]2C)c1.Cc1cc(C)c(C)c(-c2c3cc(C4CCCC4)ccc3nc[n+]2C)c1.Cc1cc(C)c(C)c(-c2c3ccc(C4CCC4)cc3nc[n+]2C)c1.Cc1cc(C)c(C)c(-c2c3cccc(C4CCC4)c3nc[n+]2C)c1. The van der Waals surface area contributed by atoms with Crippen LogP contribution in [0.15, 0.2) is 183 Å². The Kier molecular flexibility index (Phi) is 25.7. The number of nitrogens with zero attached hydrogens (tertiary/aromatic N) is 10. The molecule has 0 N–H and O–H groups in total. The van der Waals surface area contributed by atoms with Crippen LogP contribution in [0.4, 0.5) is 0 Å². The lowest BCUT2D eigenvalue weighted by atomic mass is 9.79. The molecule has 5 heterocycles. The molecular weight excluding hydrogens is 1490 g/mol. The van der Waals surface area contributed by atoms with Crippen molar-refractivity contribution in [3.05, 3.63) is 295 Å². The topological polar surface area (TPSA) is 83.8 Å². The van der Waals surface area contributed by atoms with Gasteiger partial charge in [-0.05, 0) is 374 Å². The first-order valence-electron chi connectivity index (χ1n) is 45.5. The maximum Gasteiger partial charge on any atom is 0.287 e. The second-order valence-electron chi connectivity index (χ2n) is 37.0. The monoisotopic (exact) mass is 1620 g/mol. The second-order valence-corrected chi connectivity index (χ2v) is 37.0. The van der Waals surface area contributed by atoms with E-state index < -0.39 is 0 Å². The average molecular weight is 1620 g/mol. The number of hydrogen-bond donors (Lipinski definition) is 0. The van der Waals surface area contributed by atoms with E-state index in [4.69, 9.17) is 15.0 Å². The zero-order valence-corrected chi connectivity index (χ0v) is 77.3. The Hall–Kier alpha value is -11.1. The molecular formula is C112H131N10+5. The van der Waals surface area contributed by atoms with Gasteiger partial charge in [-0.1, -0.05) is 147 Å². The standard InChI is InChI=1S/C23H27N2.C23H29N2.3C22H25N2/c1-15-11-16(2)17(3)20(12-15)23-21-13-19(18-7-5-6-8-18)9-10-22(21)24-14-25(23)4;1-7-18(8-2)19-10-9-11-20-22(19)24-14-25(6)23(20)21-13-15(3)12-16(4)17(21)5;1-14-11-15(2)16(3)20(12-14)22-19-10-6-9-18(17-7-5-8-17)21(19)23-13-24(22)4;1-14-10-15(2)16(3)19(11-14)22-20-12-18(17-6-5-7-17)8-9-21(20)23-13-24(22)4;1-14-10-15(2)16(3)20(11-14)22-19-9-8-18(17-6-5-7-17)12-21(19)23-13-24(22)4/h9-14,18H,5-8H2,1-4H3;9-14,18H,7-8H2,1-6H3;6,9-13,17H,5,7-8H2,1-4H3;2*8-13,17H,5-7H2,1-4H3/q5*+1. The van der Waals surface area contributed by atoms with Gasteiger partial charge in [0, 0.05) is 38.9 Å². The van der Waals surface area contributed by atoms with Crippen LogP contribution in [0.25, 0.3) is 111 Å². The molecule has 122 heavy (non-hydrogen) atoms. The minimum absolute atomic E-state index is 0.567. The van der Waals surface area contributed by atoms with Crippen LogP contribution in [0.5, 0.6) is 0 Å². The van der Waals surface area contributed by atoms with Crippen molar-refractivity contribution in [2.24, 2.45) is 35.2 Å². The molecule has 10 heteroatoms. The third kappa shape index (κ3) is 17.4. The smallest absolute Gasteiger partial charge is 0.232 e. The lowest BCUT2D eigenvalue weighted by molar-refractivity contribution is -0.662. The highest BCUT2D eigenvalue weighted by atomic mass is 15.0. The van der Waals surface area contributed by atoms with E-state index >= 15 is 0 Å². The minimum atomic E-state index is 0.567. The third-order valence-corrected chi connectivity index (χ3v) is 28.4. The number of fused-ring (bicyclic) bond motifs is 5. The van der Waals surface area contributed by atoms with Crippen LogP contribution in [-0.4, -0.2) is 24.9 Å². The molecule has 4 fully saturated rings. The highest BCUT2D eigenvalue weighted by molar-refractivity contribution is 5.97. The molecule has 4 aliphatic rings. The van der Waals surface area contributed by atoms with Crippen molar-refractivity contribution >= 4 is 54.5 Å². The summed E-state index contributed by atoms with van der Waals surface area (Å²) in [6, 6.07) is 56.9. The summed E-state index contributed by atoms with van der Waals surface area (Å²) < 4.78 is 10.9. The van der Waals surface area contributed by atoms with Crippen molar-refractivity contribution in [3.63, 3.8) is 0 Å². The zero-order valence-electron chi connectivity index (χ0n) is 77.3. The molecule has 10 nitrogen and oxygen atoms in total. The molecule has 0 spiro atoms. The van der Waals surface area contributed by atoms with Gasteiger partial charge in [-0.2, -0.15) is 0 Å². The molecule has 0 atom stereocenters. The first kappa shape index (κ1) is 85.9. The predicted octanol–water partition coefficient (Wildman–Crippen LogP) is 25.6. The Morgan fingerprint density at radius 3 is 0.943 bits per heavy atom. The fourth-order valence-corrected chi connectivity index (χ4v) is 20.0. The molecule has 15 aromatic rings. The molecule has 19 rings (SSSR count). The Bertz CT molecular complexity index is 6360. The van der Waals surface area contributed by atoms with Crippen LogP contribution >= 0.6 is 0 Å². The molecule has 0 aliphatic heterocycles. The van der Waals surface area contributed by atoms with E-state index in [-0.39, 0.29) is 0 Å². The van der Waals surface area contributed by atoms with Gasteiger partial charge < -0.3 is 0 Å². The molecule has 10 aromatic carbocycles. The van der Waals surface area contributed by atoms with Gasteiger partial charge in [0.05, 0.1) is 62.2 Å². The fraction of sp³-hybridized carbons (Fsp3) is 0.375. The zero-order chi connectivity index (χ0) is 86.2. The summed E-state index contributed by atoms with van der Waals surface area (Å²) >= 11 is 0. The van der Waals surface area contributed by atoms with Crippen LogP contribution in [0.2, 0.25) is 0 Å². The van der Waals surface area contributed by atoms with Gasteiger partial charge in [0.1, 0.15) is 28.5 Å². The van der Waals surface area contributed by atoms with E-state index in [9.17, 15) is 0 Å². The number of hydrogen-bond acceptors (Lipinski definition) is 5. The highest BCUT2D eigenvalue weighted by Crippen LogP contribution is 2.45. The van der Waals surface area contributed by atoms with Gasteiger partial charge in [0.15, 0.2) is 27.6 Å². The third-order valence-electron chi connectivity index (χ3n) is 28.4. The van der Waals surface area contributed by atoms with Crippen molar-refractivity contribution in [1.29, 1.82) is 0 Å². The molecule has 0 radical (unpaired) electrons. The van der Waals surface area contributed by atoms with Crippen molar-refractivity contribution in [2.45, 2.75) is 244 Å². The number of rotatable bonds is 12. The van der Waals surface area contributed by atoms with Gasteiger partial charge in [-0.3, -0.25) is 0 Å². The van der Waals surface area contributed by atoms with E-state index in [2.05, 4.69) is 337 Å². The molecule has 4 aliphatic carbocycles. The summed E-state index contributed by atoms with van der Waals surface area (Å²) in [6.07, 6.45) is 29.5. The fourth-order valence-electron chi connectivity index (χ4n) is 20.0.